The van der Waals surface area contributed by atoms with Gasteiger partial charge in [-0.2, -0.15) is 0 Å². The molecule has 0 bridgehead atoms. The van der Waals surface area contributed by atoms with Gasteiger partial charge in [0.2, 0.25) is 0 Å². The topological polar surface area (TPSA) is 43.4 Å². The van der Waals surface area contributed by atoms with Crippen molar-refractivity contribution in [3.8, 4) is 5.75 Å². The van der Waals surface area contributed by atoms with E-state index in [0.717, 1.165) is 10.0 Å². The van der Waals surface area contributed by atoms with Crippen LogP contribution in [0.25, 0.3) is 6.08 Å². The zero-order valence-corrected chi connectivity index (χ0v) is 16.4. The maximum absolute atomic E-state index is 12.1. The number of hydrogen-bond acceptors (Lipinski definition) is 3. The molecule has 134 valence electrons. The van der Waals surface area contributed by atoms with E-state index < -0.39 is 5.97 Å². The molecule has 0 atom stereocenters. The molecule has 0 unspecified atom stereocenters. The second kappa shape index (κ2) is 8.80. The second-order valence-corrected chi connectivity index (χ2v) is 7.02. The van der Waals surface area contributed by atoms with Gasteiger partial charge in [-0.05, 0) is 72.3 Å². The van der Waals surface area contributed by atoms with E-state index in [1.165, 1.54) is 6.08 Å². The zero-order chi connectivity index (χ0) is 19.2. The molecule has 0 N–H and O–H groups in total. The van der Waals surface area contributed by atoms with Gasteiger partial charge in [0.25, 0.3) is 0 Å². The standard InChI is InChI=1S/C22H14BrClO3/c23-18-8-4-16(5-9-18)21(25)14-3-15-1-12-20(13-2-15)27-22(26)17-6-10-19(24)11-7-17/h1-14H. The van der Waals surface area contributed by atoms with Gasteiger partial charge in [0.05, 0.1) is 5.56 Å². The van der Waals surface area contributed by atoms with Gasteiger partial charge in [-0.3, -0.25) is 4.79 Å². The lowest BCUT2D eigenvalue weighted by Gasteiger charge is -2.05. The van der Waals surface area contributed by atoms with Gasteiger partial charge >= 0.3 is 5.97 Å². The van der Waals surface area contributed by atoms with E-state index in [1.54, 1.807) is 66.7 Å². The summed E-state index contributed by atoms with van der Waals surface area (Å²) in [6.07, 6.45) is 3.23. The maximum Gasteiger partial charge on any atom is 0.343 e. The van der Waals surface area contributed by atoms with Crippen LogP contribution in [0.2, 0.25) is 5.02 Å². The molecule has 0 radical (unpaired) electrons. The Balaban J connectivity index is 1.62. The summed E-state index contributed by atoms with van der Waals surface area (Å²) in [5.41, 5.74) is 1.86. The summed E-state index contributed by atoms with van der Waals surface area (Å²) in [5.74, 6) is -0.118. The van der Waals surface area contributed by atoms with Crippen molar-refractivity contribution in [2.24, 2.45) is 0 Å². The first-order chi connectivity index (χ1) is 13.0. The van der Waals surface area contributed by atoms with Crippen molar-refractivity contribution in [1.29, 1.82) is 0 Å². The van der Waals surface area contributed by atoms with E-state index in [4.69, 9.17) is 16.3 Å². The Hall–Kier alpha value is -2.69. The molecular formula is C22H14BrClO3. The zero-order valence-electron chi connectivity index (χ0n) is 14.1. The van der Waals surface area contributed by atoms with Gasteiger partial charge in [0, 0.05) is 15.1 Å². The second-order valence-electron chi connectivity index (χ2n) is 5.67. The molecule has 0 aliphatic heterocycles. The monoisotopic (exact) mass is 440 g/mol. The van der Waals surface area contributed by atoms with Gasteiger partial charge in [-0.1, -0.05) is 45.7 Å². The van der Waals surface area contributed by atoms with Crippen LogP contribution < -0.4 is 4.74 Å². The van der Waals surface area contributed by atoms with Crippen molar-refractivity contribution in [2.75, 3.05) is 0 Å². The van der Waals surface area contributed by atoms with Gasteiger partial charge in [0.15, 0.2) is 5.78 Å². The van der Waals surface area contributed by atoms with Gasteiger partial charge in [-0.15, -0.1) is 0 Å². The fourth-order valence-corrected chi connectivity index (χ4v) is 2.67. The van der Waals surface area contributed by atoms with Crippen LogP contribution in [0.15, 0.2) is 83.3 Å². The van der Waals surface area contributed by atoms with Crippen LogP contribution >= 0.6 is 27.5 Å². The minimum atomic E-state index is -0.458. The van der Waals surface area contributed by atoms with Gasteiger partial charge in [0.1, 0.15) is 5.75 Å². The van der Waals surface area contributed by atoms with Crippen LogP contribution in [0.1, 0.15) is 26.3 Å². The third kappa shape index (κ3) is 5.39. The predicted molar refractivity (Wildman–Crippen MR) is 110 cm³/mol. The summed E-state index contributed by atoms with van der Waals surface area (Å²) in [5, 5.41) is 0.556. The van der Waals surface area contributed by atoms with Crippen molar-refractivity contribution >= 4 is 45.4 Å². The van der Waals surface area contributed by atoms with Crippen LogP contribution in [0.3, 0.4) is 0 Å². The van der Waals surface area contributed by atoms with E-state index in [-0.39, 0.29) is 5.78 Å². The van der Waals surface area contributed by atoms with E-state index in [2.05, 4.69) is 15.9 Å². The lowest BCUT2D eigenvalue weighted by molar-refractivity contribution is 0.0734. The average molecular weight is 442 g/mol. The number of esters is 1. The Kier molecular flexibility index (Phi) is 6.22. The summed E-state index contributed by atoms with van der Waals surface area (Å²) in [7, 11) is 0. The molecule has 3 nitrogen and oxygen atoms in total. The highest BCUT2D eigenvalue weighted by atomic mass is 79.9. The Labute approximate surface area is 170 Å². The normalized spacial score (nSPS) is 10.7. The minimum Gasteiger partial charge on any atom is -0.423 e. The molecule has 0 amide bonds. The van der Waals surface area contributed by atoms with Crippen molar-refractivity contribution in [1.82, 2.24) is 0 Å². The number of carbonyl (C=O) groups is 2. The Morgan fingerprint density at radius 3 is 2.04 bits per heavy atom. The smallest absolute Gasteiger partial charge is 0.343 e. The highest BCUT2D eigenvalue weighted by molar-refractivity contribution is 9.10. The fraction of sp³-hybridized carbons (Fsp3) is 0. The molecule has 3 rings (SSSR count). The molecule has 0 fully saturated rings. The molecule has 27 heavy (non-hydrogen) atoms. The van der Waals surface area contributed by atoms with Crippen molar-refractivity contribution in [2.45, 2.75) is 0 Å². The molecule has 5 heteroatoms. The summed E-state index contributed by atoms with van der Waals surface area (Å²) in [6.45, 7) is 0. The van der Waals surface area contributed by atoms with Crippen LogP contribution in [0, 0.1) is 0 Å². The quantitative estimate of drug-likeness (QED) is 0.204. The van der Waals surface area contributed by atoms with E-state index in [0.29, 0.717) is 21.9 Å². The van der Waals surface area contributed by atoms with Gasteiger partial charge < -0.3 is 4.74 Å². The first kappa shape index (κ1) is 19.1. The average Bonchev–Trinajstić information content (AvgIpc) is 2.68. The lowest BCUT2D eigenvalue weighted by Crippen LogP contribution is -2.08. The fourth-order valence-electron chi connectivity index (χ4n) is 2.28. The first-order valence-corrected chi connectivity index (χ1v) is 9.24. The highest BCUT2D eigenvalue weighted by Gasteiger charge is 2.08. The Bertz CT molecular complexity index is 976. The van der Waals surface area contributed by atoms with Crippen molar-refractivity contribution in [3.05, 3.63) is 105 Å². The summed E-state index contributed by atoms with van der Waals surface area (Å²) >= 11 is 9.15. The largest absolute Gasteiger partial charge is 0.423 e. The molecule has 0 saturated heterocycles. The van der Waals surface area contributed by atoms with Crippen LogP contribution in [-0.2, 0) is 0 Å². The highest BCUT2D eigenvalue weighted by Crippen LogP contribution is 2.17. The summed E-state index contributed by atoms with van der Waals surface area (Å²) < 4.78 is 6.25. The van der Waals surface area contributed by atoms with E-state index >= 15 is 0 Å². The molecule has 0 aliphatic rings. The first-order valence-electron chi connectivity index (χ1n) is 8.07. The Morgan fingerprint density at radius 1 is 0.815 bits per heavy atom. The molecule has 0 heterocycles. The van der Waals surface area contributed by atoms with Crippen LogP contribution in [0.4, 0.5) is 0 Å². The number of benzene rings is 3. The molecule has 3 aromatic carbocycles. The molecule has 0 aromatic heterocycles. The molecule has 3 aromatic rings. The van der Waals surface area contributed by atoms with Crippen LogP contribution in [-0.4, -0.2) is 11.8 Å². The molecular weight excluding hydrogens is 428 g/mol. The molecule has 0 saturated carbocycles. The lowest BCUT2D eigenvalue weighted by atomic mass is 10.1. The van der Waals surface area contributed by atoms with Crippen molar-refractivity contribution < 1.29 is 14.3 Å². The number of allylic oxidation sites excluding steroid dienone is 1. The minimum absolute atomic E-state index is 0.0826. The number of halogens is 2. The number of hydrogen-bond donors (Lipinski definition) is 0. The molecule has 0 spiro atoms. The summed E-state index contributed by atoms with van der Waals surface area (Å²) in [4.78, 5) is 24.2. The third-order valence-electron chi connectivity index (χ3n) is 3.73. The Morgan fingerprint density at radius 2 is 1.41 bits per heavy atom. The SMILES string of the molecule is O=C(C=Cc1ccc(OC(=O)c2ccc(Cl)cc2)cc1)c1ccc(Br)cc1. The molecule has 0 aliphatic carbocycles. The number of ketones is 1. The number of carbonyl (C=O) groups excluding carboxylic acids is 2. The predicted octanol–water partition coefficient (Wildman–Crippen LogP) is 6.22. The van der Waals surface area contributed by atoms with Crippen molar-refractivity contribution in [3.63, 3.8) is 0 Å². The number of rotatable bonds is 5. The van der Waals surface area contributed by atoms with Crippen LogP contribution in [0.5, 0.6) is 5.75 Å². The van der Waals surface area contributed by atoms with E-state index in [9.17, 15) is 9.59 Å². The third-order valence-corrected chi connectivity index (χ3v) is 4.51. The van der Waals surface area contributed by atoms with E-state index in [1.807, 2.05) is 12.1 Å². The summed E-state index contributed by atoms with van der Waals surface area (Å²) in [6, 6.07) is 20.6. The maximum atomic E-state index is 12.1. The number of ether oxygens (including phenoxy) is 1. The van der Waals surface area contributed by atoms with Gasteiger partial charge in [-0.25, -0.2) is 4.79 Å².